The summed E-state index contributed by atoms with van der Waals surface area (Å²) in [6.07, 6.45) is -4.53. The SMILES string of the molecule is O=C(NCc1ccccc1OC(F)(F)F)c1ccc(N2C(=O)CCC2=O)cc1. The Bertz CT molecular complexity index is 894. The molecule has 6 nitrogen and oxygen atoms in total. The molecule has 146 valence electrons. The summed E-state index contributed by atoms with van der Waals surface area (Å²) in [5.74, 6) is -1.52. The van der Waals surface area contributed by atoms with E-state index in [2.05, 4.69) is 10.1 Å². The first-order chi connectivity index (χ1) is 13.2. The third-order valence-corrected chi connectivity index (χ3v) is 4.08. The minimum Gasteiger partial charge on any atom is -0.405 e. The van der Waals surface area contributed by atoms with Crippen molar-refractivity contribution in [3.8, 4) is 5.75 Å². The molecule has 2 aromatic carbocycles. The molecule has 0 atom stereocenters. The van der Waals surface area contributed by atoms with Gasteiger partial charge in [-0.3, -0.25) is 19.3 Å². The zero-order chi connectivity index (χ0) is 20.3. The van der Waals surface area contributed by atoms with Crippen LogP contribution in [0.4, 0.5) is 18.9 Å². The Morgan fingerprint density at radius 2 is 1.61 bits per heavy atom. The number of nitrogens with one attached hydrogen (secondary N) is 1. The maximum Gasteiger partial charge on any atom is 0.573 e. The molecule has 1 fully saturated rings. The average molecular weight is 392 g/mol. The van der Waals surface area contributed by atoms with Crippen LogP contribution in [0.25, 0.3) is 0 Å². The molecule has 1 aliphatic heterocycles. The number of imide groups is 1. The molecule has 0 radical (unpaired) electrons. The summed E-state index contributed by atoms with van der Waals surface area (Å²) in [5, 5.41) is 2.51. The summed E-state index contributed by atoms with van der Waals surface area (Å²) < 4.78 is 41.3. The average Bonchev–Trinajstić information content (AvgIpc) is 2.98. The van der Waals surface area contributed by atoms with E-state index in [0.717, 1.165) is 11.0 Å². The van der Waals surface area contributed by atoms with E-state index in [9.17, 15) is 27.6 Å². The zero-order valence-corrected chi connectivity index (χ0v) is 14.5. The standard InChI is InChI=1S/C19H15F3N2O4/c20-19(21,22)28-15-4-2-1-3-13(15)11-23-18(27)12-5-7-14(8-6-12)24-16(25)9-10-17(24)26/h1-8H,9-11H2,(H,23,27). The Morgan fingerprint density at radius 3 is 2.21 bits per heavy atom. The van der Waals surface area contributed by atoms with E-state index in [-0.39, 0.29) is 42.3 Å². The van der Waals surface area contributed by atoms with Crippen LogP contribution >= 0.6 is 0 Å². The molecule has 1 aliphatic rings. The van der Waals surface area contributed by atoms with Gasteiger partial charge >= 0.3 is 6.36 Å². The molecule has 0 unspecified atom stereocenters. The summed E-state index contributed by atoms with van der Waals surface area (Å²) in [5.41, 5.74) is 0.767. The Labute approximate surface area is 157 Å². The first-order valence-electron chi connectivity index (χ1n) is 8.32. The van der Waals surface area contributed by atoms with Crippen LogP contribution in [0, 0.1) is 0 Å². The van der Waals surface area contributed by atoms with Gasteiger partial charge in [0.1, 0.15) is 5.75 Å². The number of carbonyl (C=O) groups is 3. The minimum absolute atomic E-state index is 0.153. The number of nitrogens with zero attached hydrogens (tertiary/aromatic N) is 1. The fraction of sp³-hybridized carbons (Fsp3) is 0.211. The Morgan fingerprint density at radius 1 is 1.00 bits per heavy atom. The van der Waals surface area contributed by atoms with Crippen LogP contribution in [0.3, 0.4) is 0 Å². The number of ether oxygens (including phenoxy) is 1. The summed E-state index contributed by atoms with van der Waals surface area (Å²) >= 11 is 0. The largest absolute Gasteiger partial charge is 0.573 e. The molecule has 0 saturated carbocycles. The summed E-state index contributed by atoms with van der Waals surface area (Å²) in [6, 6.07) is 11.3. The van der Waals surface area contributed by atoms with Crippen molar-refractivity contribution < 1.29 is 32.3 Å². The predicted molar refractivity (Wildman–Crippen MR) is 92.5 cm³/mol. The van der Waals surface area contributed by atoms with Crippen molar-refractivity contribution in [1.29, 1.82) is 0 Å². The van der Waals surface area contributed by atoms with Gasteiger partial charge in [-0.05, 0) is 30.3 Å². The van der Waals surface area contributed by atoms with Crippen molar-refractivity contribution in [3.63, 3.8) is 0 Å². The van der Waals surface area contributed by atoms with Crippen molar-refractivity contribution >= 4 is 23.4 Å². The Kier molecular flexibility index (Phi) is 5.34. The minimum atomic E-state index is -4.83. The predicted octanol–water partition coefficient (Wildman–Crippen LogP) is 3.17. The molecule has 28 heavy (non-hydrogen) atoms. The second-order valence-corrected chi connectivity index (χ2v) is 6.01. The van der Waals surface area contributed by atoms with Crippen LogP contribution in [0.5, 0.6) is 5.75 Å². The summed E-state index contributed by atoms with van der Waals surface area (Å²) in [4.78, 5) is 36.8. The van der Waals surface area contributed by atoms with Gasteiger partial charge in [0.15, 0.2) is 0 Å². The lowest BCUT2D eigenvalue weighted by Crippen LogP contribution is -2.28. The number of carbonyl (C=O) groups excluding carboxylic acids is 3. The molecule has 2 aromatic rings. The number of amides is 3. The number of hydrogen-bond acceptors (Lipinski definition) is 4. The van der Waals surface area contributed by atoms with Crippen molar-refractivity contribution in [3.05, 3.63) is 59.7 Å². The number of anilines is 1. The van der Waals surface area contributed by atoms with E-state index in [1.54, 1.807) is 0 Å². The topological polar surface area (TPSA) is 75.7 Å². The molecule has 0 aromatic heterocycles. The number of rotatable bonds is 5. The van der Waals surface area contributed by atoms with Gasteiger partial charge in [0.25, 0.3) is 5.91 Å². The lowest BCUT2D eigenvalue weighted by atomic mass is 10.1. The van der Waals surface area contributed by atoms with Gasteiger partial charge in [0, 0.05) is 30.5 Å². The third-order valence-electron chi connectivity index (χ3n) is 4.08. The van der Waals surface area contributed by atoms with Gasteiger partial charge in [-0.25, -0.2) is 0 Å². The van der Waals surface area contributed by atoms with E-state index < -0.39 is 18.0 Å². The molecular weight excluding hydrogens is 377 g/mol. The first kappa shape index (κ1) is 19.4. The Hall–Kier alpha value is -3.36. The van der Waals surface area contributed by atoms with Crippen LogP contribution in [-0.4, -0.2) is 24.1 Å². The van der Waals surface area contributed by atoms with Crippen LogP contribution in [0.15, 0.2) is 48.5 Å². The van der Waals surface area contributed by atoms with Gasteiger partial charge in [0.05, 0.1) is 5.69 Å². The van der Waals surface area contributed by atoms with E-state index in [4.69, 9.17) is 0 Å². The molecule has 1 saturated heterocycles. The molecule has 1 heterocycles. The normalized spacial score (nSPS) is 14.3. The highest BCUT2D eigenvalue weighted by Crippen LogP contribution is 2.26. The van der Waals surface area contributed by atoms with Crippen LogP contribution in [0.1, 0.15) is 28.8 Å². The molecule has 3 amide bonds. The number of alkyl halides is 3. The van der Waals surface area contributed by atoms with Crippen molar-refractivity contribution in [2.75, 3.05) is 4.90 Å². The summed E-state index contributed by atoms with van der Waals surface area (Å²) in [7, 11) is 0. The monoisotopic (exact) mass is 392 g/mol. The van der Waals surface area contributed by atoms with Gasteiger partial charge in [0.2, 0.25) is 11.8 Å². The van der Waals surface area contributed by atoms with E-state index in [1.807, 2.05) is 0 Å². The van der Waals surface area contributed by atoms with Crippen molar-refractivity contribution in [1.82, 2.24) is 5.32 Å². The van der Waals surface area contributed by atoms with Crippen LogP contribution < -0.4 is 15.0 Å². The molecule has 0 spiro atoms. The van der Waals surface area contributed by atoms with Gasteiger partial charge < -0.3 is 10.1 Å². The molecule has 0 bridgehead atoms. The highest BCUT2D eigenvalue weighted by molar-refractivity contribution is 6.19. The van der Waals surface area contributed by atoms with Gasteiger partial charge in [-0.2, -0.15) is 0 Å². The lowest BCUT2D eigenvalue weighted by molar-refractivity contribution is -0.274. The smallest absolute Gasteiger partial charge is 0.405 e. The quantitative estimate of drug-likeness (QED) is 0.794. The molecule has 9 heteroatoms. The first-order valence-corrected chi connectivity index (χ1v) is 8.32. The lowest BCUT2D eigenvalue weighted by Gasteiger charge is -2.15. The number of para-hydroxylation sites is 1. The van der Waals surface area contributed by atoms with E-state index >= 15 is 0 Å². The van der Waals surface area contributed by atoms with Gasteiger partial charge in [-0.15, -0.1) is 13.2 Å². The second-order valence-electron chi connectivity index (χ2n) is 6.01. The summed E-state index contributed by atoms with van der Waals surface area (Å²) in [6.45, 7) is -0.171. The number of hydrogen-bond donors (Lipinski definition) is 1. The molecule has 3 rings (SSSR count). The van der Waals surface area contributed by atoms with Crippen LogP contribution in [-0.2, 0) is 16.1 Å². The van der Waals surface area contributed by atoms with Crippen LogP contribution in [0.2, 0.25) is 0 Å². The van der Waals surface area contributed by atoms with Crippen molar-refractivity contribution in [2.24, 2.45) is 0 Å². The second kappa shape index (κ2) is 7.71. The fourth-order valence-corrected chi connectivity index (χ4v) is 2.78. The number of benzene rings is 2. The van der Waals surface area contributed by atoms with E-state index in [1.165, 1.54) is 42.5 Å². The maximum absolute atomic E-state index is 12.4. The third kappa shape index (κ3) is 4.48. The van der Waals surface area contributed by atoms with Crippen molar-refractivity contribution in [2.45, 2.75) is 25.7 Å². The van der Waals surface area contributed by atoms with E-state index in [0.29, 0.717) is 5.69 Å². The highest BCUT2D eigenvalue weighted by atomic mass is 19.4. The molecule has 1 N–H and O–H groups in total. The highest BCUT2D eigenvalue weighted by Gasteiger charge is 2.32. The molecule has 0 aliphatic carbocycles. The maximum atomic E-state index is 12.4. The fourth-order valence-electron chi connectivity index (χ4n) is 2.78. The van der Waals surface area contributed by atoms with Gasteiger partial charge in [-0.1, -0.05) is 18.2 Å². The zero-order valence-electron chi connectivity index (χ0n) is 14.5. The molecular formula is C19H15F3N2O4. The number of halogens is 3. The Balaban J connectivity index is 1.66.